The second-order valence-electron chi connectivity index (χ2n) is 7.33. The molecule has 6 nitrogen and oxygen atoms in total. The molecule has 3 rings (SSSR count). The van der Waals surface area contributed by atoms with Crippen LogP contribution in [-0.2, 0) is 17.8 Å². The Labute approximate surface area is 187 Å². The first-order valence-corrected chi connectivity index (χ1v) is 10.6. The highest BCUT2D eigenvalue weighted by Gasteiger charge is 2.12. The highest BCUT2D eigenvalue weighted by molar-refractivity contribution is 6.05. The largest absolute Gasteiger partial charge is 0.491 e. The number of hydrogen-bond acceptors (Lipinski definition) is 4. The molecule has 0 atom stereocenters. The first-order chi connectivity index (χ1) is 15.5. The number of nitrogens with one attached hydrogen (secondary N) is 1. The number of anilines is 1. The van der Waals surface area contributed by atoms with Crippen molar-refractivity contribution < 1.29 is 24.2 Å². The molecule has 3 aromatic carbocycles. The summed E-state index contributed by atoms with van der Waals surface area (Å²) in [6, 6.07) is 22.1. The van der Waals surface area contributed by atoms with Crippen LogP contribution in [0.5, 0.6) is 11.5 Å². The summed E-state index contributed by atoms with van der Waals surface area (Å²) in [4.78, 5) is 23.7. The minimum Gasteiger partial charge on any atom is -0.491 e. The molecule has 0 aliphatic rings. The minimum atomic E-state index is -0.864. The van der Waals surface area contributed by atoms with Gasteiger partial charge in [-0.2, -0.15) is 0 Å². The summed E-state index contributed by atoms with van der Waals surface area (Å²) >= 11 is 0. The number of aliphatic carboxylic acids is 1. The third kappa shape index (κ3) is 6.87. The fraction of sp³-hybridized carbons (Fsp3) is 0.231. The van der Waals surface area contributed by atoms with E-state index in [9.17, 15) is 9.59 Å². The summed E-state index contributed by atoms with van der Waals surface area (Å²) in [5.41, 5.74) is 2.89. The van der Waals surface area contributed by atoms with Gasteiger partial charge in [0.1, 0.15) is 18.1 Å². The van der Waals surface area contributed by atoms with E-state index in [1.54, 1.807) is 36.4 Å². The molecule has 0 fully saturated rings. The van der Waals surface area contributed by atoms with Crippen LogP contribution in [-0.4, -0.2) is 23.6 Å². The molecule has 1 amide bonds. The second-order valence-corrected chi connectivity index (χ2v) is 7.33. The minimum absolute atomic E-state index is 0.0208. The maximum Gasteiger partial charge on any atom is 0.303 e. The first-order valence-electron chi connectivity index (χ1n) is 10.6. The van der Waals surface area contributed by atoms with E-state index in [-0.39, 0.29) is 12.3 Å². The van der Waals surface area contributed by atoms with Crippen molar-refractivity contribution in [3.05, 3.63) is 89.5 Å². The quantitative estimate of drug-likeness (QED) is 0.427. The fourth-order valence-electron chi connectivity index (χ4n) is 3.06. The van der Waals surface area contributed by atoms with Crippen molar-refractivity contribution in [2.45, 2.75) is 32.8 Å². The topological polar surface area (TPSA) is 84.9 Å². The predicted molar refractivity (Wildman–Crippen MR) is 123 cm³/mol. The van der Waals surface area contributed by atoms with Crippen LogP contribution in [0.3, 0.4) is 0 Å². The lowest BCUT2D eigenvalue weighted by Crippen LogP contribution is -2.13. The van der Waals surface area contributed by atoms with Gasteiger partial charge >= 0.3 is 5.97 Å². The fourth-order valence-corrected chi connectivity index (χ4v) is 3.06. The highest BCUT2D eigenvalue weighted by atomic mass is 16.5. The zero-order valence-electron chi connectivity index (χ0n) is 18.0. The number of benzene rings is 3. The number of hydrogen-bond donors (Lipinski definition) is 2. The number of rotatable bonds is 11. The predicted octanol–water partition coefficient (Wildman–Crippen LogP) is 5.32. The Kier molecular flexibility index (Phi) is 8.26. The van der Waals surface area contributed by atoms with Crippen molar-refractivity contribution in [2.24, 2.45) is 0 Å². The average Bonchev–Trinajstić information content (AvgIpc) is 2.81. The molecule has 0 unspecified atom stereocenters. The molecular formula is C26H27NO5. The molecule has 0 aromatic heterocycles. The molecule has 0 bridgehead atoms. The van der Waals surface area contributed by atoms with Gasteiger partial charge in [0, 0.05) is 12.0 Å². The zero-order valence-corrected chi connectivity index (χ0v) is 18.0. The monoisotopic (exact) mass is 433 g/mol. The molecule has 0 radical (unpaired) electrons. The van der Waals surface area contributed by atoms with Gasteiger partial charge in [-0.15, -0.1) is 0 Å². The summed E-state index contributed by atoms with van der Waals surface area (Å²) in [5, 5.41) is 11.8. The standard InChI is InChI=1S/C26H27NO5/c1-2-16-31-24-14-8-19(9-15-25(28)29)17-23(24)27-26(30)21-10-12-22(13-11-21)32-18-20-6-4-3-5-7-20/h3-8,10-14,17H,2,9,15-16,18H2,1H3,(H,27,30)(H,28,29). The van der Waals surface area contributed by atoms with E-state index in [2.05, 4.69) is 5.32 Å². The molecule has 0 saturated carbocycles. The maximum absolute atomic E-state index is 12.8. The molecular weight excluding hydrogens is 406 g/mol. The van der Waals surface area contributed by atoms with Gasteiger partial charge in [0.15, 0.2) is 0 Å². The van der Waals surface area contributed by atoms with Crippen molar-refractivity contribution >= 4 is 17.6 Å². The Morgan fingerprint density at radius 2 is 1.66 bits per heavy atom. The summed E-state index contributed by atoms with van der Waals surface area (Å²) in [6.07, 6.45) is 1.23. The number of carboxylic acid groups (broad SMARTS) is 1. The Morgan fingerprint density at radius 1 is 0.906 bits per heavy atom. The van der Waals surface area contributed by atoms with Gasteiger partial charge in [-0.25, -0.2) is 0 Å². The number of carbonyl (C=O) groups is 2. The number of carbonyl (C=O) groups excluding carboxylic acids is 1. The van der Waals surface area contributed by atoms with E-state index in [1.807, 2.05) is 43.3 Å². The van der Waals surface area contributed by atoms with Gasteiger partial charge < -0.3 is 19.9 Å². The third-order valence-corrected chi connectivity index (χ3v) is 4.75. The Hall–Kier alpha value is -3.80. The molecule has 0 heterocycles. The van der Waals surface area contributed by atoms with E-state index in [1.165, 1.54) is 0 Å². The van der Waals surface area contributed by atoms with Crippen LogP contribution >= 0.6 is 0 Å². The molecule has 2 N–H and O–H groups in total. The Balaban J connectivity index is 1.67. The lowest BCUT2D eigenvalue weighted by molar-refractivity contribution is -0.136. The summed E-state index contributed by atoms with van der Waals surface area (Å²) < 4.78 is 11.5. The smallest absolute Gasteiger partial charge is 0.303 e. The summed E-state index contributed by atoms with van der Waals surface area (Å²) in [7, 11) is 0. The second kappa shape index (κ2) is 11.6. The van der Waals surface area contributed by atoms with E-state index in [4.69, 9.17) is 14.6 Å². The van der Waals surface area contributed by atoms with Gasteiger partial charge in [0.25, 0.3) is 5.91 Å². The van der Waals surface area contributed by atoms with Crippen molar-refractivity contribution in [3.63, 3.8) is 0 Å². The number of aryl methyl sites for hydroxylation is 1. The molecule has 0 spiro atoms. The Bertz CT molecular complexity index is 1030. The van der Waals surface area contributed by atoms with Gasteiger partial charge in [0.05, 0.1) is 12.3 Å². The van der Waals surface area contributed by atoms with Gasteiger partial charge in [-0.1, -0.05) is 43.3 Å². The normalized spacial score (nSPS) is 10.4. The third-order valence-electron chi connectivity index (χ3n) is 4.75. The van der Waals surface area contributed by atoms with E-state index >= 15 is 0 Å². The van der Waals surface area contributed by atoms with Crippen LogP contribution in [0.25, 0.3) is 0 Å². The van der Waals surface area contributed by atoms with Crippen molar-refractivity contribution in [3.8, 4) is 11.5 Å². The lowest BCUT2D eigenvalue weighted by Gasteiger charge is -2.14. The molecule has 0 aliphatic heterocycles. The van der Waals surface area contributed by atoms with E-state index in [0.717, 1.165) is 17.5 Å². The summed E-state index contributed by atoms with van der Waals surface area (Å²) in [6.45, 7) is 2.97. The zero-order chi connectivity index (χ0) is 22.8. The number of ether oxygens (including phenoxy) is 2. The number of amides is 1. The molecule has 0 aliphatic carbocycles. The van der Waals surface area contributed by atoms with Crippen LogP contribution in [0.4, 0.5) is 5.69 Å². The molecule has 3 aromatic rings. The van der Waals surface area contributed by atoms with Crippen molar-refractivity contribution in [2.75, 3.05) is 11.9 Å². The molecule has 0 saturated heterocycles. The van der Waals surface area contributed by atoms with Gasteiger partial charge in [-0.3, -0.25) is 9.59 Å². The van der Waals surface area contributed by atoms with Crippen LogP contribution in [0.1, 0.15) is 41.3 Å². The average molecular weight is 434 g/mol. The van der Waals surface area contributed by atoms with Crippen LogP contribution in [0, 0.1) is 0 Å². The molecule has 6 heteroatoms. The van der Waals surface area contributed by atoms with Gasteiger partial charge in [0.2, 0.25) is 0 Å². The van der Waals surface area contributed by atoms with E-state index in [0.29, 0.717) is 42.4 Å². The maximum atomic E-state index is 12.8. The molecule has 32 heavy (non-hydrogen) atoms. The van der Waals surface area contributed by atoms with Gasteiger partial charge in [-0.05, 0) is 60.4 Å². The Morgan fingerprint density at radius 3 is 2.34 bits per heavy atom. The highest BCUT2D eigenvalue weighted by Crippen LogP contribution is 2.27. The lowest BCUT2D eigenvalue weighted by atomic mass is 10.1. The van der Waals surface area contributed by atoms with Crippen LogP contribution in [0.15, 0.2) is 72.8 Å². The van der Waals surface area contributed by atoms with Crippen LogP contribution < -0.4 is 14.8 Å². The molecule has 166 valence electrons. The summed E-state index contributed by atoms with van der Waals surface area (Å²) in [5.74, 6) is 0.0861. The van der Waals surface area contributed by atoms with Crippen LogP contribution in [0.2, 0.25) is 0 Å². The first kappa shape index (κ1) is 22.9. The SMILES string of the molecule is CCCOc1ccc(CCC(=O)O)cc1NC(=O)c1ccc(OCc2ccccc2)cc1. The number of carboxylic acids is 1. The van der Waals surface area contributed by atoms with Crippen molar-refractivity contribution in [1.82, 2.24) is 0 Å². The van der Waals surface area contributed by atoms with E-state index < -0.39 is 5.97 Å². The van der Waals surface area contributed by atoms with Crippen molar-refractivity contribution in [1.29, 1.82) is 0 Å².